The molecular weight excluding hydrogens is 447 g/mol. The number of likely N-dealkylation sites (tertiary alicyclic amines) is 1. The number of ether oxygens (including phenoxy) is 1. The quantitative estimate of drug-likeness (QED) is 0.566. The summed E-state index contributed by atoms with van der Waals surface area (Å²) in [5.74, 6) is 0.504. The fourth-order valence-corrected chi connectivity index (χ4v) is 4.93. The molecule has 0 unspecified atom stereocenters. The number of nitrogens with zero attached hydrogens (tertiary/aromatic N) is 5. The van der Waals surface area contributed by atoms with Gasteiger partial charge in [0.1, 0.15) is 11.8 Å². The monoisotopic (exact) mass is 469 g/mol. The summed E-state index contributed by atoms with van der Waals surface area (Å²) in [6.45, 7) is 3.82. The van der Waals surface area contributed by atoms with Crippen LogP contribution in [0.4, 0.5) is 13.2 Å². The van der Waals surface area contributed by atoms with Crippen molar-refractivity contribution >= 4 is 5.91 Å². The molecule has 34 heavy (non-hydrogen) atoms. The van der Waals surface area contributed by atoms with Crippen molar-refractivity contribution in [3.63, 3.8) is 0 Å². The van der Waals surface area contributed by atoms with Gasteiger partial charge in [0.25, 0.3) is 5.91 Å². The maximum Gasteiger partial charge on any atom is 0.417 e. The van der Waals surface area contributed by atoms with Crippen LogP contribution in [0.1, 0.15) is 41.5 Å². The average Bonchev–Trinajstić information content (AvgIpc) is 3.36. The molecule has 10 heteroatoms. The fraction of sp³-hybridized carbons (Fsp3) is 0.375. The van der Waals surface area contributed by atoms with Crippen molar-refractivity contribution in [2.75, 3.05) is 0 Å². The Morgan fingerprint density at radius 1 is 1.09 bits per heavy atom. The molecule has 2 fully saturated rings. The van der Waals surface area contributed by atoms with Crippen LogP contribution in [-0.4, -0.2) is 48.9 Å². The molecular formula is C24H22F3N5O2. The van der Waals surface area contributed by atoms with E-state index >= 15 is 0 Å². The SMILES string of the molecule is Cc1ccc(-c2ncccn2)c(C(=O)N2[C@@H]3C[C@@H](C[C@@H]3Oc3ccc(C(F)(F)F)cn3)[C@@H]2C)n1. The molecule has 0 N–H and O–H groups in total. The highest BCUT2D eigenvalue weighted by molar-refractivity contribution is 5.99. The maximum absolute atomic E-state index is 13.8. The zero-order valence-corrected chi connectivity index (χ0v) is 18.5. The largest absolute Gasteiger partial charge is 0.472 e. The topological polar surface area (TPSA) is 81.1 Å². The van der Waals surface area contributed by atoms with Gasteiger partial charge in [-0.2, -0.15) is 13.2 Å². The van der Waals surface area contributed by atoms with Gasteiger partial charge in [0, 0.05) is 36.4 Å². The van der Waals surface area contributed by atoms with Gasteiger partial charge in [0.2, 0.25) is 5.88 Å². The van der Waals surface area contributed by atoms with E-state index < -0.39 is 11.7 Å². The first-order chi connectivity index (χ1) is 16.2. The Balaban J connectivity index is 1.41. The van der Waals surface area contributed by atoms with Crippen LogP contribution in [0.5, 0.6) is 5.88 Å². The van der Waals surface area contributed by atoms with E-state index in [-0.39, 0.29) is 41.6 Å². The van der Waals surface area contributed by atoms with Crippen LogP contribution in [0.3, 0.4) is 0 Å². The average molecular weight is 469 g/mol. The van der Waals surface area contributed by atoms with Crippen LogP contribution >= 0.6 is 0 Å². The van der Waals surface area contributed by atoms with E-state index in [1.807, 2.05) is 19.9 Å². The molecule has 3 aromatic heterocycles. The highest BCUT2D eigenvalue weighted by Gasteiger charge is 2.53. The smallest absolute Gasteiger partial charge is 0.417 e. The summed E-state index contributed by atoms with van der Waals surface area (Å²) in [5.41, 5.74) is 0.686. The number of piperidine rings is 1. The lowest BCUT2D eigenvalue weighted by Gasteiger charge is -2.37. The van der Waals surface area contributed by atoms with Gasteiger partial charge in [-0.25, -0.2) is 19.9 Å². The zero-order chi connectivity index (χ0) is 24.0. The highest BCUT2D eigenvalue weighted by Crippen LogP contribution is 2.45. The van der Waals surface area contributed by atoms with Gasteiger partial charge >= 0.3 is 6.18 Å². The Bertz CT molecular complexity index is 1200. The second-order valence-electron chi connectivity index (χ2n) is 8.71. The summed E-state index contributed by atoms with van der Waals surface area (Å²) in [6, 6.07) is 7.22. The predicted molar refractivity (Wildman–Crippen MR) is 116 cm³/mol. The van der Waals surface area contributed by atoms with Crippen molar-refractivity contribution in [2.24, 2.45) is 5.92 Å². The number of carbonyl (C=O) groups excluding carboxylic acids is 1. The Labute approximate surface area is 194 Å². The van der Waals surface area contributed by atoms with Crippen LogP contribution < -0.4 is 4.74 Å². The van der Waals surface area contributed by atoms with E-state index in [4.69, 9.17) is 4.74 Å². The summed E-state index contributed by atoms with van der Waals surface area (Å²) in [6.07, 6.45) is 0.607. The van der Waals surface area contributed by atoms with Crippen molar-refractivity contribution in [1.29, 1.82) is 0 Å². The molecule has 1 amide bonds. The minimum absolute atomic E-state index is 0.0234. The van der Waals surface area contributed by atoms with Gasteiger partial charge in [-0.05, 0) is 56.9 Å². The van der Waals surface area contributed by atoms with Crippen LogP contribution in [0.15, 0.2) is 48.9 Å². The number of alkyl halides is 3. The molecule has 5 rings (SSSR count). The van der Waals surface area contributed by atoms with Crippen molar-refractivity contribution < 1.29 is 22.7 Å². The van der Waals surface area contributed by atoms with Gasteiger partial charge in [-0.15, -0.1) is 0 Å². The highest BCUT2D eigenvalue weighted by atomic mass is 19.4. The maximum atomic E-state index is 13.8. The number of hydrogen-bond donors (Lipinski definition) is 0. The van der Waals surface area contributed by atoms with Gasteiger partial charge in [-0.1, -0.05) is 0 Å². The number of amides is 1. The molecule has 0 aromatic carbocycles. The van der Waals surface area contributed by atoms with Crippen molar-refractivity contribution in [1.82, 2.24) is 24.8 Å². The molecule has 1 aliphatic heterocycles. The van der Waals surface area contributed by atoms with Gasteiger partial charge in [-0.3, -0.25) is 4.79 Å². The lowest BCUT2D eigenvalue weighted by atomic mass is 9.98. The molecule has 1 saturated carbocycles. The molecule has 7 nitrogen and oxygen atoms in total. The molecule has 176 valence electrons. The fourth-order valence-electron chi connectivity index (χ4n) is 4.93. The van der Waals surface area contributed by atoms with E-state index in [1.54, 1.807) is 29.4 Å². The number of aryl methyl sites for hydroxylation is 1. The first-order valence-corrected chi connectivity index (χ1v) is 11.0. The van der Waals surface area contributed by atoms with E-state index in [0.717, 1.165) is 18.7 Å². The minimum Gasteiger partial charge on any atom is -0.472 e. The molecule has 2 bridgehead atoms. The molecule has 1 aliphatic carbocycles. The van der Waals surface area contributed by atoms with Crippen molar-refractivity contribution in [2.45, 2.75) is 51.1 Å². The predicted octanol–water partition coefficient (Wildman–Crippen LogP) is 4.33. The van der Waals surface area contributed by atoms with E-state index in [2.05, 4.69) is 19.9 Å². The van der Waals surface area contributed by atoms with Crippen LogP contribution in [0.25, 0.3) is 11.4 Å². The Hall–Kier alpha value is -3.56. The number of rotatable bonds is 4. The number of pyridine rings is 2. The molecule has 1 saturated heterocycles. The number of halogens is 3. The van der Waals surface area contributed by atoms with Crippen molar-refractivity contribution in [3.8, 4) is 17.3 Å². The number of hydrogen-bond acceptors (Lipinski definition) is 6. The van der Waals surface area contributed by atoms with E-state index in [1.165, 1.54) is 6.07 Å². The third-order valence-electron chi connectivity index (χ3n) is 6.60. The Morgan fingerprint density at radius 3 is 2.50 bits per heavy atom. The zero-order valence-electron chi connectivity index (χ0n) is 18.5. The number of aromatic nitrogens is 4. The minimum atomic E-state index is -4.46. The summed E-state index contributed by atoms with van der Waals surface area (Å²) >= 11 is 0. The summed E-state index contributed by atoms with van der Waals surface area (Å²) in [4.78, 5) is 32.5. The van der Waals surface area contributed by atoms with Crippen LogP contribution in [0, 0.1) is 12.8 Å². The lowest BCUT2D eigenvalue weighted by Crippen LogP contribution is -2.51. The number of carbonyl (C=O) groups is 1. The van der Waals surface area contributed by atoms with Gasteiger partial charge < -0.3 is 9.64 Å². The molecule has 4 heterocycles. The molecule has 4 atom stereocenters. The first kappa shape index (κ1) is 22.2. The van der Waals surface area contributed by atoms with Gasteiger partial charge in [0.05, 0.1) is 17.2 Å². The third kappa shape index (κ3) is 3.97. The standard InChI is InChI=1S/C24H22F3N5O2/c1-13-4-6-17(22-28-8-3-9-29-22)21(31-13)23(33)32-14(2)15-10-18(32)19(11-15)34-20-7-5-16(12-30-20)24(25,26)27/h3-9,12,14-15,18-19H,10-11H2,1-2H3/t14-,15-,18+,19-/m0/s1. The second-order valence-corrected chi connectivity index (χ2v) is 8.71. The number of fused-ring (bicyclic) bond motifs is 2. The van der Waals surface area contributed by atoms with Crippen LogP contribution in [-0.2, 0) is 6.18 Å². The molecule has 0 radical (unpaired) electrons. The first-order valence-electron chi connectivity index (χ1n) is 11.0. The summed E-state index contributed by atoms with van der Waals surface area (Å²) in [7, 11) is 0. The molecule has 2 aliphatic rings. The molecule has 3 aromatic rings. The summed E-state index contributed by atoms with van der Waals surface area (Å²) in [5, 5.41) is 0. The van der Waals surface area contributed by atoms with E-state index in [0.29, 0.717) is 23.5 Å². The molecule has 0 spiro atoms. The Kier molecular flexibility index (Phi) is 5.45. The lowest BCUT2D eigenvalue weighted by molar-refractivity contribution is -0.137. The second kappa shape index (κ2) is 8.34. The van der Waals surface area contributed by atoms with Crippen LogP contribution in [0.2, 0.25) is 0 Å². The normalized spacial score (nSPS) is 23.9. The van der Waals surface area contributed by atoms with E-state index in [9.17, 15) is 18.0 Å². The van der Waals surface area contributed by atoms with Crippen molar-refractivity contribution in [3.05, 3.63) is 65.9 Å². The third-order valence-corrected chi connectivity index (χ3v) is 6.60. The van der Waals surface area contributed by atoms with Gasteiger partial charge in [0.15, 0.2) is 5.82 Å². The Morgan fingerprint density at radius 2 is 1.85 bits per heavy atom. The summed E-state index contributed by atoms with van der Waals surface area (Å²) < 4.78 is 44.5.